The van der Waals surface area contributed by atoms with Gasteiger partial charge in [-0.25, -0.2) is 15.3 Å². The largest absolute Gasteiger partial charge is 0.365 e. The third-order valence-corrected chi connectivity index (χ3v) is 6.15. The molecule has 2 N–H and O–H groups in total. The van der Waals surface area contributed by atoms with Crippen LogP contribution in [0.1, 0.15) is 63.5 Å². The van der Waals surface area contributed by atoms with Crippen LogP contribution >= 0.6 is 0 Å². The molecular weight excluding hydrogens is 382 g/mol. The maximum absolute atomic E-state index is 11.9. The van der Waals surface area contributed by atoms with Crippen LogP contribution in [0.4, 0.5) is 5.82 Å². The topological polar surface area (TPSA) is 88.6 Å². The maximum Gasteiger partial charge on any atom is 0.267 e. The molecule has 1 aromatic heterocycles. The minimum Gasteiger partial charge on any atom is -0.365 e. The first-order valence-corrected chi connectivity index (χ1v) is 11.3. The molecule has 1 aromatic rings. The normalized spacial score (nSPS) is 26.1. The number of piperidine rings is 1. The van der Waals surface area contributed by atoms with Gasteiger partial charge in [-0.15, -0.1) is 0 Å². The molecule has 2 aliphatic heterocycles. The van der Waals surface area contributed by atoms with Crippen molar-refractivity contribution in [3.63, 3.8) is 0 Å². The lowest BCUT2D eigenvalue weighted by molar-refractivity contribution is -0.198. The van der Waals surface area contributed by atoms with Gasteiger partial charge in [0.05, 0.1) is 18.1 Å². The van der Waals surface area contributed by atoms with Crippen LogP contribution in [0.2, 0.25) is 0 Å². The number of likely N-dealkylation sites (tertiary alicyclic amines) is 1. The highest BCUT2D eigenvalue weighted by Gasteiger charge is 2.27. The lowest BCUT2D eigenvalue weighted by atomic mass is 10.0. The van der Waals surface area contributed by atoms with Crippen LogP contribution < -0.4 is 10.8 Å². The minimum absolute atomic E-state index is 0.345. The van der Waals surface area contributed by atoms with Crippen LogP contribution in [-0.4, -0.2) is 58.8 Å². The number of hydroxylamine groups is 1. The predicted octanol–water partition coefficient (Wildman–Crippen LogP) is 2.88. The molecule has 0 bridgehead atoms. The van der Waals surface area contributed by atoms with Gasteiger partial charge in [-0.3, -0.25) is 14.7 Å². The first-order chi connectivity index (χ1) is 14.8. The van der Waals surface area contributed by atoms with E-state index in [1.165, 1.54) is 44.7 Å². The standard InChI is InChI=1S/C22H33N5O3/c28-21(26-30-22-9-3-4-13-29-22)11-10-17-14-24-20(15-23-17)25-18-6-5-12-27(16-18)19-7-1-2-8-19/h10-11,14-15,18-19,22H,1-9,12-13,16H2,(H,24,25)(H,26,28)/b11-10+/t18-,22?/m1/s1. The number of anilines is 1. The second-order valence-corrected chi connectivity index (χ2v) is 8.46. The zero-order valence-electron chi connectivity index (χ0n) is 17.6. The Morgan fingerprint density at radius 3 is 2.73 bits per heavy atom. The molecule has 1 unspecified atom stereocenters. The van der Waals surface area contributed by atoms with E-state index in [1.54, 1.807) is 18.5 Å². The molecule has 30 heavy (non-hydrogen) atoms. The number of rotatable bonds is 7. The summed E-state index contributed by atoms with van der Waals surface area (Å²) in [6.07, 6.45) is 16.8. The third kappa shape index (κ3) is 6.23. The van der Waals surface area contributed by atoms with Gasteiger partial charge < -0.3 is 10.1 Å². The van der Waals surface area contributed by atoms with Crippen LogP contribution in [0.5, 0.6) is 0 Å². The van der Waals surface area contributed by atoms with Crippen molar-refractivity contribution in [2.45, 2.75) is 76.2 Å². The van der Waals surface area contributed by atoms with Gasteiger partial charge in [-0.1, -0.05) is 12.8 Å². The SMILES string of the molecule is O=C(/C=C/c1cnc(N[C@@H]2CCCN(C3CCCC3)C2)cn1)NOC1CCCCO1. The number of nitrogens with one attached hydrogen (secondary N) is 2. The van der Waals surface area contributed by atoms with Crippen LogP contribution in [0.15, 0.2) is 18.5 Å². The summed E-state index contributed by atoms with van der Waals surface area (Å²) in [5.41, 5.74) is 3.03. The van der Waals surface area contributed by atoms with Gasteiger partial charge in [0.2, 0.25) is 0 Å². The zero-order chi connectivity index (χ0) is 20.6. The predicted molar refractivity (Wildman–Crippen MR) is 114 cm³/mol. The molecule has 1 amide bonds. The average molecular weight is 416 g/mol. The van der Waals surface area contributed by atoms with Gasteiger partial charge in [0.15, 0.2) is 6.29 Å². The number of aromatic nitrogens is 2. The quantitative estimate of drug-likeness (QED) is 0.523. The Morgan fingerprint density at radius 2 is 1.97 bits per heavy atom. The first kappa shape index (κ1) is 21.2. The molecule has 3 fully saturated rings. The fraction of sp³-hybridized carbons (Fsp3) is 0.682. The van der Waals surface area contributed by atoms with Crippen LogP contribution in [-0.2, 0) is 14.4 Å². The summed E-state index contributed by atoms with van der Waals surface area (Å²) in [5, 5.41) is 3.53. The molecule has 8 heteroatoms. The van der Waals surface area contributed by atoms with E-state index in [-0.39, 0.29) is 12.2 Å². The van der Waals surface area contributed by atoms with Crippen molar-refractivity contribution in [1.82, 2.24) is 20.3 Å². The lowest BCUT2D eigenvalue weighted by Crippen LogP contribution is -2.46. The van der Waals surface area contributed by atoms with E-state index >= 15 is 0 Å². The van der Waals surface area contributed by atoms with Crippen LogP contribution in [0.25, 0.3) is 6.08 Å². The number of ether oxygens (including phenoxy) is 1. The summed E-state index contributed by atoms with van der Waals surface area (Å²) >= 11 is 0. The van der Waals surface area contributed by atoms with Gasteiger partial charge >= 0.3 is 0 Å². The van der Waals surface area contributed by atoms with E-state index in [0.29, 0.717) is 18.3 Å². The fourth-order valence-corrected chi connectivity index (χ4v) is 4.56. The molecule has 0 spiro atoms. The minimum atomic E-state index is -0.356. The monoisotopic (exact) mass is 415 g/mol. The summed E-state index contributed by atoms with van der Waals surface area (Å²) in [7, 11) is 0. The van der Waals surface area contributed by atoms with Crippen LogP contribution in [0.3, 0.4) is 0 Å². The van der Waals surface area contributed by atoms with E-state index in [2.05, 4.69) is 25.7 Å². The van der Waals surface area contributed by atoms with Crippen molar-refractivity contribution in [3.8, 4) is 0 Å². The number of nitrogens with zero attached hydrogens (tertiary/aromatic N) is 3. The molecule has 0 aromatic carbocycles. The number of carbonyl (C=O) groups excluding carboxylic acids is 1. The highest BCUT2D eigenvalue weighted by molar-refractivity contribution is 5.90. The van der Waals surface area contributed by atoms with Crippen molar-refractivity contribution in [2.24, 2.45) is 0 Å². The highest BCUT2D eigenvalue weighted by atomic mass is 16.8. The van der Waals surface area contributed by atoms with Crippen LogP contribution in [0, 0.1) is 0 Å². The Hall–Kier alpha value is -2.03. The molecular formula is C22H33N5O3. The Kier molecular flexibility index (Phi) is 7.66. The smallest absolute Gasteiger partial charge is 0.267 e. The van der Waals surface area contributed by atoms with Gasteiger partial charge in [-0.05, 0) is 51.1 Å². The Morgan fingerprint density at radius 1 is 1.10 bits per heavy atom. The van der Waals surface area contributed by atoms with Crippen molar-refractivity contribution < 1.29 is 14.4 Å². The molecule has 3 heterocycles. The lowest BCUT2D eigenvalue weighted by Gasteiger charge is -2.37. The summed E-state index contributed by atoms with van der Waals surface area (Å²) < 4.78 is 5.41. The molecule has 2 saturated heterocycles. The van der Waals surface area contributed by atoms with E-state index in [1.807, 2.05) is 0 Å². The van der Waals surface area contributed by atoms with Crippen molar-refractivity contribution in [1.29, 1.82) is 0 Å². The van der Waals surface area contributed by atoms with Crippen molar-refractivity contribution in [3.05, 3.63) is 24.2 Å². The summed E-state index contributed by atoms with van der Waals surface area (Å²) in [6.45, 7) is 2.97. The Balaban J connectivity index is 1.21. The van der Waals surface area contributed by atoms with E-state index in [9.17, 15) is 4.79 Å². The molecule has 164 valence electrons. The molecule has 8 nitrogen and oxygen atoms in total. The van der Waals surface area contributed by atoms with Crippen molar-refractivity contribution >= 4 is 17.8 Å². The summed E-state index contributed by atoms with van der Waals surface area (Å²) in [5.74, 6) is 0.440. The molecule has 0 radical (unpaired) electrons. The van der Waals surface area contributed by atoms with Gasteiger partial charge in [0.25, 0.3) is 5.91 Å². The van der Waals surface area contributed by atoms with E-state index < -0.39 is 0 Å². The first-order valence-electron chi connectivity index (χ1n) is 11.3. The van der Waals surface area contributed by atoms with Crippen molar-refractivity contribution in [2.75, 3.05) is 25.0 Å². The second-order valence-electron chi connectivity index (χ2n) is 8.46. The summed E-state index contributed by atoms with van der Waals surface area (Å²) in [6, 6.07) is 1.19. The van der Waals surface area contributed by atoms with E-state index in [0.717, 1.165) is 44.1 Å². The summed E-state index contributed by atoms with van der Waals surface area (Å²) in [4.78, 5) is 28.7. The number of amides is 1. The molecule has 3 aliphatic rings. The molecule has 1 aliphatic carbocycles. The number of carbonyl (C=O) groups is 1. The third-order valence-electron chi connectivity index (χ3n) is 6.15. The number of hydrogen-bond donors (Lipinski definition) is 2. The van der Waals surface area contributed by atoms with Gasteiger partial charge in [0, 0.05) is 37.7 Å². The van der Waals surface area contributed by atoms with Gasteiger partial charge in [0.1, 0.15) is 5.82 Å². The van der Waals surface area contributed by atoms with Gasteiger partial charge in [-0.2, -0.15) is 0 Å². The number of hydrogen-bond acceptors (Lipinski definition) is 7. The maximum atomic E-state index is 11.9. The Bertz CT molecular complexity index is 699. The zero-order valence-corrected chi connectivity index (χ0v) is 17.6. The molecule has 2 atom stereocenters. The molecule has 1 saturated carbocycles. The average Bonchev–Trinajstić information content (AvgIpc) is 3.33. The highest BCUT2D eigenvalue weighted by Crippen LogP contribution is 2.26. The fourth-order valence-electron chi connectivity index (χ4n) is 4.56. The van der Waals surface area contributed by atoms with E-state index in [4.69, 9.17) is 9.57 Å². The second kappa shape index (κ2) is 10.8. The Labute approximate surface area is 178 Å². The molecule has 4 rings (SSSR count).